The van der Waals surface area contributed by atoms with Gasteiger partial charge in [0.1, 0.15) is 18.1 Å². The van der Waals surface area contributed by atoms with Gasteiger partial charge < -0.3 is 14.4 Å². The summed E-state index contributed by atoms with van der Waals surface area (Å²) in [7, 11) is -3.85. The van der Waals surface area contributed by atoms with Gasteiger partial charge in [-0.3, -0.25) is 23.4 Å². The molecule has 4 atom stereocenters. The van der Waals surface area contributed by atoms with Crippen molar-refractivity contribution in [2.24, 2.45) is 0 Å². The number of nitrogens with zero attached hydrogens (tertiary/aromatic N) is 1. The number of fused-ring (bicyclic) bond motifs is 1. The van der Waals surface area contributed by atoms with E-state index in [1.54, 1.807) is 25.1 Å². The van der Waals surface area contributed by atoms with Crippen LogP contribution in [-0.2, 0) is 25.0 Å². The van der Waals surface area contributed by atoms with E-state index in [1.807, 2.05) is 6.07 Å². The number of rotatable bonds is 4. The molecule has 10 nitrogen and oxygen atoms in total. The summed E-state index contributed by atoms with van der Waals surface area (Å²) in [6.45, 7) is 1.38. The summed E-state index contributed by atoms with van der Waals surface area (Å²) in [5.74, 6) is 0.415. The van der Waals surface area contributed by atoms with E-state index < -0.39 is 37.5 Å². The van der Waals surface area contributed by atoms with Crippen LogP contribution in [0.15, 0.2) is 40.1 Å². The lowest BCUT2D eigenvalue weighted by Gasteiger charge is -2.26. The molecule has 1 fully saturated rings. The average Bonchev–Trinajstić information content (AvgIpc) is 3.03. The minimum absolute atomic E-state index is 0.0796. The van der Waals surface area contributed by atoms with Gasteiger partial charge in [-0.1, -0.05) is 18.2 Å². The first-order valence-corrected chi connectivity index (χ1v) is 10.1. The molecule has 0 spiro atoms. The molecule has 0 radical (unpaired) electrons. The summed E-state index contributed by atoms with van der Waals surface area (Å²) in [5.41, 5.74) is -0.0329. The van der Waals surface area contributed by atoms with E-state index in [4.69, 9.17) is 18.3 Å². The van der Waals surface area contributed by atoms with E-state index in [1.165, 1.54) is 10.8 Å². The van der Waals surface area contributed by atoms with Crippen molar-refractivity contribution in [1.29, 1.82) is 0 Å². The second kappa shape index (κ2) is 7.31. The van der Waals surface area contributed by atoms with Gasteiger partial charge in [-0.15, -0.1) is 0 Å². The van der Waals surface area contributed by atoms with Gasteiger partial charge in [0.15, 0.2) is 0 Å². The van der Waals surface area contributed by atoms with E-state index in [9.17, 15) is 19.3 Å². The molecule has 1 saturated heterocycles. The monoisotopic (exact) mass is 410 g/mol. The average molecular weight is 410 g/mol. The van der Waals surface area contributed by atoms with Gasteiger partial charge in [0, 0.05) is 23.7 Å². The predicted molar refractivity (Wildman–Crippen MR) is 96.0 cm³/mol. The fourth-order valence-corrected chi connectivity index (χ4v) is 4.30. The van der Waals surface area contributed by atoms with Gasteiger partial charge in [-0.2, -0.15) is 0 Å². The van der Waals surface area contributed by atoms with Crippen molar-refractivity contribution in [3.05, 3.63) is 62.4 Å². The normalized spacial score (nSPS) is 29.3. The molecular weight excluding hydrogens is 391 g/mol. The van der Waals surface area contributed by atoms with E-state index in [-0.39, 0.29) is 19.6 Å². The Morgan fingerprint density at radius 1 is 1.36 bits per heavy atom. The Labute approximate surface area is 159 Å². The Kier molecular flexibility index (Phi) is 4.98. The van der Waals surface area contributed by atoms with Crippen LogP contribution in [0, 0.1) is 6.92 Å². The van der Waals surface area contributed by atoms with Crippen LogP contribution < -0.4 is 15.8 Å². The molecule has 1 aromatic carbocycles. The Bertz CT molecular complexity index is 1050. The summed E-state index contributed by atoms with van der Waals surface area (Å²) in [6.07, 6.45) is -1.13. The van der Waals surface area contributed by atoms with Crippen molar-refractivity contribution in [3.8, 4) is 5.75 Å². The lowest BCUT2D eigenvalue weighted by atomic mass is 10.2. The standard InChI is InChI=1S/C17H19N2O8P/c1-10-7-19(17(22)18-16(10)21)15-6-12(20)14(26-15)9-25-28(23)24-8-11-4-2-3-5-13(11)27-28/h2-5,7,12,14-15,20H,6,8-9H2,1H3,(H,18,21,22). The molecule has 0 amide bonds. The highest BCUT2D eigenvalue weighted by Crippen LogP contribution is 2.54. The van der Waals surface area contributed by atoms with Crippen LogP contribution >= 0.6 is 7.82 Å². The van der Waals surface area contributed by atoms with E-state index in [2.05, 4.69) is 4.98 Å². The fraction of sp³-hybridized carbons (Fsp3) is 0.412. The third kappa shape index (κ3) is 3.69. The third-order valence-electron chi connectivity index (χ3n) is 4.62. The maximum Gasteiger partial charge on any atom is 0.530 e. The van der Waals surface area contributed by atoms with Gasteiger partial charge in [-0.25, -0.2) is 9.36 Å². The number of aryl methyl sites for hydroxylation is 1. The van der Waals surface area contributed by atoms with Gasteiger partial charge in [0.25, 0.3) is 5.56 Å². The van der Waals surface area contributed by atoms with Gasteiger partial charge in [-0.05, 0) is 13.0 Å². The molecule has 2 aliphatic rings. The number of H-pyrrole nitrogens is 1. The lowest BCUT2D eigenvalue weighted by molar-refractivity contribution is -0.0469. The zero-order chi connectivity index (χ0) is 19.9. The summed E-state index contributed by atoms with van der Waals surface area (Å²) in [5, 5.41) is 10.2. The smallest absolute Gasteiger partial charge is 0.404 e. The fourth-order valence-electron chi connectivity index (χ4n) is 3.07. The highest BCUT2D eigenvalue weighted by atomic mass is 31.2. The van der Waals surface area contributed by atoms with Crippen molar-refractivity contribution in [2.75, 3.05) is 6.61 Å². The van der Waals surface area contributed by atoms with Crippen LogP contribution in [0.3, 0.4) is 0 Å². The largest absolute Gasteiger partial charge is 0.530 e. The molecule has 0 saturated carbocycles. The number of phosphoric acid groups is 1. The Balaban J connectivity index is 1.43. The minimum Gasteiger partial charge on any atom is -0.404 e. The van der Waals surface area contributed by atoms with E-state index in [0.29, 0.717) is 11.3 Å². The van der Waals surface area contributed by atoms with Gasteiger partial charge in [0.05, 0.1) is 19.3 Å². The first kappa shape index (κ1) is 19.1. The van der Waals surface area contributed by atoms with Gasteiger partial charge >= 0.3 is 13.5 Å². The number of aromatic amines is 1. The predicted octanol–water partition coefficient (Wildman–Crippen LogP) is 1.23. The van der Waals surface area contributed by atoms with Crippen LogP contribution in [0.25, 0.3) is 0 Å². The van der Waals surface area contributed by atoms with E-state index in [0.717, 1.165) is 5.56 Å². The van der Waals surface area contributed by atoms with Crippen LogP contribution in [-0.4, -0.2) is 33.5 Å². The molecule has 0 aliphatic carbocycles. The van der Waals surface area contributed by atoms with Crippen molar-refractivity contribution in [1.82, 2.24) is 9.55 Å². The molecule has 1 aromatic heterocycles. The molecule has 2 aliphatic heterocycles. The third-order valence-corrected chi connectivity index (χ3v) is 5.95. The van der Waals surface area contributed by atoms with Crippen molar-refractivity contribution in [2.45, 2.75) is 38.4 Å². The Morgan fingerprint density at radius 2 is 2.14 bits per heavy atom. The number of aliphatic hydroxyl groups is 1. The molecule has 0 bridgehead atoms. The Hall–Kier alpha value is -2.23. The molecule has 150 valence electrons. The number of ether oxygens (including phenoxy) is 1. The maximum absolute atomic E-state index is 12.6. The van der Waals surface area contributed by atoms with Crippen molar-refractivity contribution < 1.29 is 28.0 Å². The number of para-hydroxylation sites is 1. The number of benzene rings is 1. The minimum atomic E-state index is -3.85. The van der Waals surface area contributed by atoms with Crippen LogP contribution in [0.2, 0.25) is 0 Å². The van der Waals surface area contributed by atoms with Crippen molar-refractivity contribution >= 4 is 7.82 Å². The second-order valence-corrected chi connectivity index (χ2v) is 8.22. The number of nitrogens with one attached hydrogen (secondary N) is 1. The lowest BCUT2D eigenvalue weighted by Crippen LogP contribution is -2.33. The molecule has 3 heterocycles. The number of hydrogen-bond acceptors (Lipinski definition) is 8. The van der Waals surface area contributed by atoms with Crippen molar-refractivity contribution in [3.63, 3.8) is 0 Å². The molecule has 28 heavy (non-hydrogen) atoms. The first-order chi connectivity index (χ1) is 13.3. The quantitative estimate of drug-likeness (QED) is 0.720. The number of phosphoric ester groups is 1. The molecule has 2 N–H and O–H groups in total. The molecular formula is C17H19N2O8P. The summed E-state index contributed by atoms with van der Waals surface area (Å²) >= 11 is 0. The maximum atomic E-state index is 12.6. The van der Waals surface area contributed by atoms with Crippen LogP contribution in [0.4, 0.5) is 0 Å². The van der Waals surface area contributed by atoms with Crippen LogP contribution in [0.5, 0.6) is 5.75 Å². The SMILES string of the molecule is Cc1cn(C2CC(O)C(COP3(=O)OCc4ccccc4O3)O2)c(=O)[nH]c1=O. The summed E-state index contributed by atoms with van der Waals surface area (Å²) < 4.78 is 35.4. The summed E-state index contributed by atoms with van der Waals surface area (Å²) in [6, 6.07) is 7.01. The molecule has 2 aromatic rings. The zero-order valence-corrected chi connectivity index (χ0v) is 15.8. The van der Waals surface area contributed by atoms with Crippen LogP contribution in [0.1, 0.15) is 23.8 Å². The Morgan fingerprint density at radius 3 is 2.96 bits per heavy atom. The second-order valence-electron chi connectivity index (χ2n) is 6.63. The zero-order valence-electron chi connectivity index (χ0n) is 14.9. The summed E-state index contributed by atoms with van der Waals surface area (Å²) in [4.78, 5) is 25.7. The highest BCUT2D eigenvalue weighted by Gasteiger charge is 2.40. The number of hydrogen-bond donors (Lipinski definition) is 2. The number of aromatic nitrogens is 2. The number of aliphatic hydroxyl groups excluding tert-OH is 1. The molecule has 11 heteroatoms. The highest BCUT2D eigenvalue weighted by molar-refractivity contribution is 7.49. The topological polar surface area (TPSA) is 129 Å². The first-order valence-electron chi connectivity index (χ1n) is 8.67. The van der Waals surface area contributed by atoms with E-state index >= 15 is 0 Å². The molecule has 4 rings (SSSR count). The molecule has 4 unspecified atom stereocenters. The van der Waals surface area contributed by atoms with Gasteiger partial charge in [0.2, 0.25) is 0 Å².